The highest BCUT2D eigenvalue weighted by Gasteiger charge is 2.26. The Labute approximate surface area is 84.7 Å². The van der Waals surface area contributed by atoms with Gasteiger partial charge in [0, 0.05) is 0 Å². The first-order chi connectivity index (χ1) is 7.29. The Hall–Kier alpha value is -2.12. The number of carboxylic acids is 2. The molecule has 0 bridgehead atoms. The summed E-state index contributed by atoms with van der Waals surface area (Å²) in [5.41, 5.74) is -4.00. The van der Waals surface area contributed by atoms with Crippen molar-refractivity contribution in [3.05, 3.63) is 34.4 Å². The third kappa shape index (κ3) is 1.58. The molecule has 0 saturated carbocycles. The summed E-state index contributed by atoms with van der Waals surface area (Å²) >= 11 is 0. The quantitative estimate of drug-likeness (QED) is 0.373. The molecule has 0 saturated heterocycles. The van der Waals surface area contributed by atoms with E-state index in [9.17, 15) is 37.4 Å². The third-order valence-corrected chi connectivity index (χ3v) is 1.67. The number of carbonyl (C=O) groups is 2. The smallest absolute Gasteiger partial charge is 0.195 e. The molecule has 0 unspecified atom stereocenters. The van der Waals surface area contributed by atoms with Crippen LogP contribution in [-0.2, 0) is 0 Å². The minimum atomic E-state index is -2.52. The molecule has 16 heavy (non-hydrogen) atoms. The van der Waals surface area contributed by atoms with E-state index in [0.717, 1.165) is 0 Å². The second-order valence-corrected chi connectivity index (χ2v) is 2.58. The van der Waals surface area contributed by atoms with Gasteiger partial charge in [0.15, 0.2) is 17.5 Å². The second kappa shape index (κ2) is 3.80. The molecule has 0 aliphatic rings. The molecule has 1 rings (SSSR count). The number of rotatable bonds is 2. The lowest BCUT2D eigenvalue weighted by atomic mass is 10.1. The van der Waals surface area contributed by atoms with Crippen LogP contribution in [-0.4, -0.2) is 11.9 Å². The first-order valence-electron chi connectivity index (χ1n) is 3.57. The van der Waals surface area contributed by atoms with Gasteiger partial charge in [-0.05, 0) is 0 Å². The van der Waals surface area contributed by atoms with Crippen molar-refractivity contribution >= 4 is 11.9 Å². The molecule has 0 N–H and O–H groups in total. The van der Waals surface area contributed by atoms with Crippen LogP contribution in [0.1, 0.15) is 20.7 Å². The highest BCUT2D eigenvalue weighted by atomic mass is 19.2. The maximum Gasteiger partial charge on any atom is 0.195 e. The summed E-state index contributed by atoms with van der Waals surface area (Å²) in [6, 6.07) is 0. The van der Waals surface area contributed by atoms with Crippen LogP contribution in [0.25, 0.3) is 0 Å². The minimum Gasteiger partial charge on any atom is -0.545 e. The lowest BCUT2D eigenvalue weighted by Gasteiger charge is -2.12. The van der Waals surface area contributed by atoms with Crippen LogP contribution in [0.5, 0.6) is 0 Å². The Morgan fingerprint density at radius 1 is 0.688 bits per heavy atom. The SMILES string of the molecule is O=C([O-])c1c(F)c(F)c(F)c(C(=O)[O-])c1F. The van der Waals surface area contributed by atoms with Crippen molar-refractivity contribution in [1.29, 1.82) is 0 Å². The predicted molar refractivity (Wildman–Crippen MR) is 34.9 cm³/mol. The summed E-state index contributed by atoms with van der Waals surface area (Å²) in [7, 11) is 0. The van der Waals surface area contributed by atoms with Crippen LogP contribution in [0.2, 0.25) is 0 Å². The molecule has 0 aliphatic carbocycles. The summed E-state index contributed by atoms with van der Waals surface area (Å²) in [6.07, 6.45) is 0. The highest BCUT2D eigenvalue weighted by molar-refractivity contribution is 5.93. The number of halogens is 4. The fourth-order valence-electron chi connectivity index (χ4n) is 0.992. The molecule has 0 radical (unpaired) electrons. The standard InChI is InChI=1S/C8H2F4O4/c9-3-1(7(13)14)4(10)6(12)5(11)2(3)8(15)16/h(H,13,14)(H,15,16)/p-2. The van der Waals surface area contributed by atoms with Crippen LogP contribution in [0, 0.1) is 23.3 Å². The van der Waals surface area contributed by atoms with Crippen molar-refractivity contribution in [1.82, 2.24) is 0 Å². The molecule has 1 aromatic rings. The predicted octanol–water partition coefficient (Wildman–Crippen LogP) is -1.03. The van der Waals surface area contributed by atoms with Crippen molar-refractivity contribution in [3.63, 3.8) is 0 Å². The summed E-state index contributed by atoms with van der Waals surface area (Å²) in [4.78, 5) is 20.4. The van der Waals surface area contributed by atoms with Gasteiger partial charge in [0.05, 0.1) is 23.1 Å². The van der Waals surface area contributed by atoms with Gasteiger partial charge in [-0.2, -0.15) is 0 Å². The Morgan fingerprint density at radius 3 is 1.25 bits per heavy atom. The largest absolute Gasteiger partial charge is 0.545 e. The number of benzene rings is 1. The van der Waals surface area contributed by atoms with E-state index in [1.165, 1.54) is 0 Å². The van der Waals surface area contributed by atoms with Crippen LogP contribution in [0.15, 0.2) is 0 Å². The van der Waals surface area contributed by atoms with Gasteiger partial charge in [-0.1, -0.05) is 0 Å². The van der Waals surface area contributed by atoms with Crippen molar-refractivity contribution in [2.75, 3.05) is 0 Å². The van der Waals surface area contributed by atoms with Gasteiger partial charge in [-0.15, -0.1) is 0 Å². The highest BCUT2D eigenvalue weighted by Crippen LogP contribution is 2.23. The van der Waals surface area contributed by atoms with E-state index in [2.05, 4.69) is 0 Å². The monoisotopic (exact) mass is 236 g/mol. The first kappa shape index (κ1) is 12.0. The van der Waals surface area contributed by atoms with Crippen LogP contribution in [0.4, 0.5) is 17.6 Å². The summed E-state index contributed by atoms with van der Waals surface area (Å²) in [6.45, 7) is 0. The van der Waals surface area contributed by atoms with Gasteiger partial charge in [0.1, 0.15) is 5.82 Å². The van der Waals surface area contributed by atoms with Crippen molar-refractivity contribution in [3.8, 4) is 0 Å². The molecule has 0 atom stereocenters. The van der Waals surface area contributed by atoms with Crippen LogP contribution in [0.3, 0.4) is 0 Å². The molecule has 0 aliphatic heterocycles. The van der Waals surface area contributed by atoms with Gasteiger partial charge in [-0.25, -0.2) is 17.6 Å². The summed E-state index contributed by atoms with van der Waals surface area (Å²) in [5, 5.41) is 20.4. The molecule has 8 heteroatoms. The van der Waals surface area contributed by atoms with E-state index >= 15 is 0 Å². The zero-order valence-corrected chi connectivity index (χ0v) is 7.14. The van der Waals surface area contributed by atoms with Gasteiger partial charge in [0.25, 0.3) is 0 Å². The number of carbonyl (C=O) groups excluding carboxylic acids is 2. The van der Waals surface area contributed by atoms with E-state index in [4.69, 9.17) is 0 Å². The fraction of sp³-hybridized carbons (Fsp3) is 0. The lowest BCUT2D eigenvalue weighted by Crippen LogP contribution is -2.31. The number of carboxylic acid groups (broad SMARTS) is 2. The maximum absolute atomic E-state index is 13.0. The molecule has 86 valence electrons. The van der Waals surface area contributed by atoms with E-state index in [-0.39, 0.29) is 0 Å². The molecular weight excluding hydrogens is 236 g/mol. The number of hydrogen-bond acceptors (Lipinski definition) is 4. The van der Waals surface area contributed by atoms with E-state index in [0.29, 0.717) is 0 Å². The Balaban J connectivity index is 3.80. The Morgan fingerprint density at radius 2 is 1.00 bits per heavy atom. The van der Waals surface area contributed by atoms with Crippen molar-refractivity contribution in [2.45, 2.75) is 0 Å². The van der Waals surface area contributed by atoms with Crippen LogP contribution >= 0.6 is 0 Å². The molecular formula is C8F4O4-2. The number of aromatic carboxylic acids is 2. The zero-order valence-electron chi connectivity index (χ0n) is 7.14. The van der Waals surface area contributed by atoms with Gasteiger partial charge < -0.3 is 19.8 Å². The lowest BCUT2D eigenvalue weighted by molar-refractivity contribution is -0.255. The average molecular weight is 236 g/mol. The minimum absolute atomic E-state index is 2.00. The molecule has 0 fully saturated rings. The molecule has 0 spiro atoms. The zero-order chi connectivity index (χ0) is 12.6. The molecule has 1 aromatic carbocycles. The van der Waals surface area contributed by atoms with Gasteiger partial charge >= 0.3 is 0 Å². The molecule has 0 amide bonds. The first-order valence-corrected chi connectivity index (χ1v) is 3.57. The van der Waals surface area contributed by atoms with Gasteiger partial charge in [-0.3, -0.25) is 0 Å². The van der Waals surface area contributed by atoms with Crippen LogP contribution < -0.4 is 10.2 Å². The van der Waals surface area contributed by atoms with E-state index in [1.54, 1.807) is 0 Å². The fourth-order valence-corrected chi connectivity index (χ4v) is 0.992. The third-order valence-electron chi connectivity index (χ3n) is 1.67. The molecule has 4 nitrogen and oxygen atoms in total. The molecule has 0 aromatic heterocycles. The normalized spacial score (nSPS) is 10.2. The topological polar surface area (TPSA) is 80.3 Å². The summed E-state index contributed by atoms with van der Waals surface area (Å²) in [5.74, 6) is -14.5. The van der Waals surface area contributed by atoms with E-state index < -0.39 is 46.3 Å². The summed E-state index contributed by atoms with van der Waals surface area (Å²) < 4.78 is 51.1. The maximum atomic E-state index is 13.0. The average Bonchev–Trinajstić information content (AvgIpc) is 2.13. The second-order valence-electron chi connectivity index (χ2n) is 2.58. The van der Waals surface area contributed by atoms with E-state index in [1.807, 2.05) is 0 Å². The van der Waals surface area contributed by atoms with Crippen molar-refractivity contribution in [2.24, 2.45) is 0 Å². The van der Waals surface area contributed by atoms with Gasteiger partial charge in [0.2, 0.25) is 0 Å². The Kier molecular flexibility index (Phi) is 2.84. The Bertz CT molecular complexity index is 456. The molecule has 0 heterocycles. The number of hydrogen-bond donors (Lipinski definition) is 0. The van der Waals surface area contributed by atoms with Crippen molar-refractivity contribution < 1.29 is 37.4 Å².